The van der Waals surface area contributed by atoms with Gasteiger partial charge >= 0.3 is 6.36 Å². The van der Waals surface area contributed by atoms with Crippen molar-refractivity contribution in [1.82, 2.24) is 14.7 Å². The average Bonchev–Trinajstić information content (AvgIpc) is 3.37. The van der Waals surface area contributed by atoms with Gasteiger partial charge in [-0.15, -0.1) is 24.5 Å². The van der Waals surface area contributed by atoms with E-state index >= 15 is 0 Å². The maximum atomic E-state index is 13.0. The fourth-order valence-corrected chi connectivity index (χ4v) is 6.79. The van der Waals surface area contributed by atoms with E-state index in [0.717, 1.165) is 58.3 Å². The quantitative estimate of drug-likeness (QED) is 0.284. The van der Waals surface area contributed by atoms with Crippen LogP contribution in [-0.4, -0.2) is 34.7 Å². The molecule has 2 aromatic heterocycles. The highest BCUT2D eigenvalue weighted by molar-refractivity contribution is 7.17. The number of carbonyl (C=O) groups excluding carboxylic acids is 1. The monoisotopic (exact) mass is 554 g/mol. The van der Waals surface area contributed by atoms with Crippen molar-refractivity contribution >= 4 is 27.9 Å². The van der Waals surface area contributed by atoms with Crippen LogP contribution in [0.1, 0.15) is 57.9 Å². The van der Waals surface area contributed by atoms with E-state index in [9.17, 15) is 18.0 Å². The van der Waals surface area contributed by atoms with Gasteiger partial charge in [-0.2, -0.15) is 0 Å². The zero-order chi connectivity index (χ0) is 27.4. The molecule has 0 unspecified atom stereocenters. The molecule has 6 nitrogen and oxygen atoms in total. The summed E-state index contributed by atoms with van der Waals surface area (Å²) in [5.41, 5.74) is 4.97. The van der Waals surface area contributed by atoms with Crippen molar-refractivity contribution in [1.29, 1.82) is 0 Å². The topological polar surface area (TPSA) is 58.9 Å². The Morgan fingerprint density at radius 1 is 1.13 bits per heavy atom. The molecule has 0 bridgehead atoms. The van der Waals surface area contributed by atoms with Gasteiger partial charge in [0.25, 0.3) is 5.91 Å². The lowest BCUT2D eigenvalue weighted by atomic mass is 9.56. The summed E-state index contributed by atoms with van der Waals surface area (Å²) in [5.74, 6) is 0.0785. The third kappa shape index (κ3) is 5.09. The van der Waals surface area contributed by atoms with Gasteiger partial charge in [-0.1, -0.05) is 31.2 Å². The lowest BCUT2D eigenvalue weighted by molar-refractivity contribution is -0.274. The Kier molecular flexibility index (Phi) is 6.32. The van der Waals surface area contributed by atoms with Crippen molar-refractivity contribution in [2.24, 2.45) is 5.41 Å². The van der Waals surface area contributed by atoms with E-state index in [-0.39, 0.29) is 17.1 Å². The number of hydrogen-bond acceptors (Lipinski definition) is 5. The average molecular weight is 555 g/mol. The summed E-state index contributed by atoms with van der Waals surface area (Å²) < 4.78 is 43.0. The van der Waals surface area contributed by atoms with E-state index < -0.39 is 6.36 Å². The number of benzene rings is 2. The number of carbonyl (C=O) groups is 1. The molecule has 4 aromatic rings. The number of anilines is 1. The SMILES string of the molecule is CCc1nc2sc(C)cn2c1C(=O)NCc1ccc(N2CC3(CC(c4ccc(OC(F)(F)F)cc4)C3)C2)cc1. The molecule has 1 amide bonds. The van der Waals surface area contributed by atoms with Gasteiger partial charge in [0.15, 0.2) is 4.96 Å². The Labute approximate surface area is 228 Å². The number of aryl methyl sites for hydroxylation is 2. The maximum Gasteiger partial charge on any atom is 0.573 e. The van der Waals surface area contributed by atoms with E-state index in [0.29, 0.717) is 24.6 Å². The number of nitrogens with zero attached hydrogens (tertiary/aromatic N) is 3. The summed E-state index contributed by atoms with van der Waals surface area (Å²) in [6.07, 6.45) is 0.0748. The van der Waals surface area contributed by atoms with Crippen molar-refractivity contribution in [2.75, 3.05) is 18.0 Å². The van der Waals surface area contributed by atoms with Gasteiger partial charge in [-0.3, -0.25) is 9.20 Å². The molecule has 1 spiro atoms. The molecule has 1 saturated heterocycles. The second-order valence-corrected chi connectivity index (χ2v) is 11.9. The number of halogens is 3. The minimum atomic E-state index is -4.67. The number of alkyl halides is 3. The second-order valence-electron chi connectivity index (χ2n) is 10.7. The summed E-state index contributed by atoms with van der Waals surface area (Å²) in [4.78, 5) is 21.9. The Bertz CT molecular complexity index is 1490. The predicted molar refractivity (Wildman–Crippen MR) is 145 cm³/mol. The Balaban J connectivity index is 0.998. The largest absolute Gasteiger partial charge is 0.573 e. The van der Waals surface area contributed by atoms with Crippen LogP contribution in [0.25, 0.3) is 4.96 Å². The molecule has 2 aromatic carbocycles. The van der Waals surface area contributed by atoms with Crippen molar-refractivity contribution in [3.63, 3.8) is 0 Å². The molecule has 0 atom stereocenters. The molecule has 10 heteroatoms. The van der Waals surface area contributed by atoms with Crippen LogP contribution in [0.4, 0.5) is 18.9 Å². The molecule has 2 fully saturated rings. The van der Waals surface area contributed by atoms with E-state index in [4.69, 9.17) is 0 Å². The van der Waals surface area contributed by atoms with E-state index in [1.807, 2.05) is 24.4 Å². The lowest BCUT2D eigenvalue weighted by Crippen LogP contribution is -2.61. The van der Waals surface area contributed by atoms with Gasteiger partial charge in [0.05, 0.1) is 5.69 Å². The summed E-state index contributed by atoms with van der Waals surface area (Å²) in [5, 5.41) is 3.05. The highest BCUT2D eigenvalue weighted by atomic mass is 32.1. The van der Waals surface area contributed by atoms with Crippen LogP contribution in [0, 0.1) is 12.3 Å². The highest BCUT2D eigenvalue weighted by Gasteiger charge is 2.52. The minimum Gasteiger partial charge on any atom is -0.406 e. The first-order valence-corrected chi connectivity index (χ1v) is 13.9. The second kappa shape index (κ2) is 9.59. The molecule has 3 heterocycles. The van der Waals surface area contributed by atoms with Gasteiger partial charge in [0.2, 0.25) is 0 Å². The van der Waals surface area contributed by atoms with Crippen LogP contribution < -0.4 is 15.0 Å². The zero-order valence-corrected chi connectivity index (χ0v) is 22.5. The summed E-state index contributed by atoms with van der Waals surface area (Å²) >= 11 is 1.58. The first-order valence-electron chi connectivity index (χ1n) is 13.1. The van der Waals surface area contributed by atoms with Crippen LogP contribution in [0.15, 0.2) is 54.7 Å². The van der Waals surface area contributed by atoms with Crippen molar-refractivity contribution in [2.45, 2.75) is 51.9 Å². The van der Waals surface area contributed by atoms with Crippen molar-refractivity contribution in [3.05, 3.63) is 82.1 Å². The highest BCUT2D eigenvalue weighted by Crippen LogP contribution is 2.56. The van der Waals surface area contributed by atoms with Gasteiger partial charge < -0.3 is 15.0 Å². The normalized spacial score (nSPS) is 16.8. The van der Waals surface area contributed by atoms with Crippen LogP contribution >= 0.6 is 11.3 Å². The van der Waals surface area contributed by atoms with Gasteiger partial charge in [-0.05, 0) is 67.5 Å². The maximum absolute atomic E-state index is 13.0. The number of amides is 1. The Hall–Kier alpha value is -3.53. The van der Waals surface area contributed by atoms with E-state index in [1.165, 1.54) is 12.1 Å². The standard InChI is InChI=1S/C29H29F3N4O2S/c1-3-24-25(36-15-18(2)39-27(36)34-24)26(37)33-14-19-4-8-22(9-5-19)35-16-28(17-35)12-21(13-28)20-6-10-23(11-7-20)38-29(30,31)32/h4-11,15,21H,3,12-14,16-17H2,1-2H3,(H,33,37). The van der Waals surface area contributed by atoms with Crippen LogP contribution in [0.3, 0.4) is 0 Å². The third-order valence-corrected chi connectivity index (χ3v) is 8.71. The first kappa shape index (κ1) is 25.7. The summed E-state index contributed by atoms with van der Waals surface area (Å²) in [6.45, 7) is 6.41. The molecule has 1 aliphatic carbocycles. The molecule has 1 N–H and O–H groups in total. The summed E-state index contributed by atoms with van der Waals surface area (Å²) in [7, 11) is 0. The molecule has 0 radical (unpaired) electrons. The fourth-order valence-electron chi connectivity index (χ4n) is 5.95. The van der Waals surface area contributed by atoms with Crippen LogP contribution in [0.2, 0.25) is 0 Å². The zero-order valence-electron chi connectivity index (χ0n) is 21.7. The van der Waals surface area contributed by atoms with Crippen molar-refractivity contribution < 1.29 is 22.7 Å². The lowest BCUT2D eigenvalue weighted by Gasteiger charge is -2.60. The molecule has 2 aliphatic rings. The van der Waals surface area contributed by atoms with Crippen LogP contribution in [-0.2, 0) is 13.0 Å². The molecular weight excluding hydrogens is 525 g/mol. The number of ether oxygens (including phenoxy) is 1. The first-order chi connectivity index (χ1) is 18.6. The number of aromatic nitrogens is 2. The van der Waals surface area contributed by atoms with E-state index in [2.05, 4.69) is 44.2 Å². The van der Waals surface area contributed by atoms with Gasteiger partial charge in [0, 0.05) is 41.8 Å². The predicted octanol–water partition coefficient (Wildman–Crippen LogP) is 6.48. The molecule has 1 aliphatic heterocycles. The van der Waals surface area contributed by atoms with E-state index in [1.54, 1.807) is 23.5 Å². The Morgan fingerprint density at radius 2 is 1.82 bits per heavy atom. The molecule has 204 valence electrons. The molecule has 39 heavy (non-hydrogen) atoms. The van der Waals surface area contributed by atoms with Crippen molar-refractivity contribution in [3.8, 4) is 5.75 Å². The summed E-state index contributed by atoms with van der Waals surface area (Å²) in [6, 6.07) is 14.6. The van der Waals surface area contributed by atoms with Gasteiger partial charge in [-0.25, -0.2) is 4.98 Å². The number of thiazole rings is 1. The number of fused-ring (bicyclic) bond motifs is 1. The number of nitrogens with one attached hydrogen (secondary N) is 1. The van der Waals surface area contributed by atoms with Crippen LogP contribution in [0.5, 0.6) is 5.75 Å². The smallest absolute Gasteiger partial charge is 0.406 e. The number of hydrogen-bond donors (Lipinski definition) is 1. The Morgan fingerprint density at radius 3 is 2.46 bits per heavy atom. The number of rotatable bonds is 7. The third-order valence-electron chi connectivity index (χ3n) is 7.82. The molecule has 1 saturated carbocycles. The molecule has 6 rings (SSSR count). The fraction of sp³-hybridized carbons (Fsp3) is 0.379. The number of imidazole rings is 1. The minimum absolute atomic E-state index is 0.118. The molecular formula is C29H29F3N4O2S. The van der Waals surface area contributed by atoms with Gasteiger partial charge in [0.1, 0.15) is 11.4 Å².